The number of piperidine rings is 1. The maximum atomic E-state index is 13.4. The van der Waals surface area contributed by atoms with Gasteiger partial charge in [0.25, 0.3) is 0 Å². The number of ether oxygens (including phenoxy) is 1. The van der Waals surface area contributed by atoms with E-state index in [0.29, 0.717) is 5.58 Å². The van der Waals surface area contributed by atoms with E-state index in [1.807, 2.05) is 0 Å². The van der Waals surface area contributed by atoms with Crippen LogP contribution in [0.5, 0.6) is 0 Å². The lowest BCUT2D eigenvalue weighted by Gasteiger charge is -2.50. The normalized spacial score (nSPS) is 29.2. The van der Waals surface area contributed by atoms with Gasteiger partial charge in [0.2, 0.25) is 0 Å². The van der Waals surface area contributed by atoms with Gasteiger partial charge < -0.3 is 14.6 Å². The van der Waals surface area contributed by atoms with Crippen molar-refractivity contribution in [3.05, 3.63) is 29.7 Å². The molecule has 5 nitrogen and oxygen atoms in total. The average molecular weight is 333 g/mol. The van der Waals surface area contributed by atoms with E-state index in [1.165, 1.54) is 12.1 Å². The fourth-order valence-electron chi connectivity index (χ4n) is 4.14. The van der Waals surface area contributed by atoms with Crippen LogP contribution in [0, 0.1) is 5.82 Å². The van der Waals surface area contributed by atoms with E-state index in [0.717, 1.165) is 63.0 Å². The van der Waals surface area contributed by atoms with Crippen LogP contribution in [0.25, 0.3) is 11.0 Å². The van der Waals surface area contributed by atoms with Crippen LogP contribution in [0.2, 0.25) is 0 Å². The predicted octanol–water partition coefficient (Wildman–Crippen LogP) is 3.22. The average Bonchev–Trinajstić information content (AvgIpc) is 3.05. The van der Waals surface area contributed by atoms with Crippen molar-refractivity contribution in [3.63, 3.8) is 0 Å². The number of nitrogens with zero attached hydrogens (tertiary/aromatic N) is 2. The smallest absolute Gasteiger partial charge is 0.170 e. The number of hydrogen-bond acceptors (Lipinski definition) is 5. The minimum absolute atomic E-state index is 0.144. The maximum Gasteiger partial charge on any atom is 0.170 e. The number of morpholine rings is 1. The van der Waals surface area contributed by atoms with E-state index in [-0.39, 0.29) is 17.6 Å². The summed E-state index contributed by atoms with van der Waals surface area (Å²) in [6.45, 7) is 5.60. The molecule has 1 N–H and O–H groups in total. The van der Waals surface area contributed by atoms with Gasteiger partial charge in [0.05, 0.1) is 12.6 Å². The highest BCUT2D eigenvalue weighted by atomic mass is 19.1. The fourth-order valence-corrected chi connectivity index (χ4v) is 4.14. The third kappa shape index (κ3) is 2.62. The molecule has 3 heterocycles. The van der Waals surface area contributed by atoms with Gasteiger partial charge in [-0.1, -0.05) is 18.5 Å². The summed E-state index contributed by atoms with van der Waals surface area (Å²) in [5.74, 6) is -0.296. The fraction of sp³-hybridized carbons (Fsp3) is 0.611. The van der Waals surface area contributed by atoms with Crippen LogP contribution in [-0.4, -0.2) is 42.0 Å². The standard InChI is InChI=1S/C18H24FN3O2/c1-2-18(12-20-8-10-23-18)22-9-4-3-5-15(22)17-14-7-6-13(19)11-16(14)24-21-17/h6-7,11,15,20H,2-5,8-10,12H2,1H3. The van der Waals surface area contributed by atoms with Crippen molar-refractivity contribution in [2.45, 2.75) is 44.4 Å². The second kappa shape index (κ2) is 6.43. The minimum Gasteiger partial charge on any atom is -0.358 e. The highest BCUT2D eigenvalue weighted by Crippen LogP contribution is 2.40. The molecule has 24 heavy (non-hydrogen) atoms. The molecule has 6 heteroatoms. The third-order valence-corrected chi connectivity index (χ3v) is 5.41. The van der Waals surface area contributed by atoms with Gasteiger partial charge in [0.1, 0.15) is 17.2 Å². The summed E-state index contributed by atoms with van der Waals surface area (Å²) >= 11 is 0. The molecular formula is C18H24FN3O2. The third-order valence-electron chi connectivity index (χ3n) is 5.41. The molecule has 2 aromatic rings. The van der Waals surface area contributed by atoms with Crippen LogP contribution < -0.4 is 5.32 Å². The van der Waals surface area contributed by atoms with Crippen molar-refractivity contribution in [2.24, 2.45) is 0 Å². The first kappa shape index (κ1) is 16.0. The molecule has 2 atom stereocenters. The molecule has 0 spiro atoms. The van der Waals surface area contributed by atoms with Crippen molar-refractivity contribution in [2.75, 3.05) is 26.2 Å². The van der Waals surface area contributed by atoms with Crippen LogP contribution in [0.1, 0.15) is 44.3 Å². The number of aromatic nitrogens is 1. The number of nitrogens with one attached hydrogen (secondary N) is 1. The van der Waals surface area contributed by atoms with Crippen molar-refractivity contribution in [1.29, 1.82) is 0 Å². The lowest BCUT2D eigenvalue weighted by molar-refractivity contribution is -0.194. The van der Waals surface area contributed by atoms with Crippen molar-refractivity contribution >= 4 is 11.0 Å². The number of benzene rings is 1. The Hall–Kier alpha value is -1.50. The van der Waals surface area contributed by atoms with Gasteiger partial charge in [-0.2, -0.15) is 0 Å². The van der Waals surface area contributed by atoms with E-state index in [9.17, 15) is 4.39 Å². The van der Waals surface area contributed by atoms with E-state index in [2.05, 4.69) is 22.3 Å². The van der Waals surface area contributed by atoms with Gasteiger partial charge in [0, 0.05) is 31.1 Å². The highest BCUT2D eigenvalue weighted by molar-refractivity contribution is 5.79. The molecule has 0 bridgehead atoms. The molecule has 0 amide bonds. The number of hydrogen-bond donors (Lipinski definition) is 1. The summed E-state index contributed by atoms with van der Waals surface area (Å²) in [4.78, 5) is 2.45. The molecular weight excluding hydrogens is 309 g/mol. The van der Waals surface area contributed by atoms with E-state index in [1.54, 1.807) is 6.07 Å². The molecule has 2 unspecified atom stereocenters. The summed E-state index contributed by atoms with van der Waals surface area (Å²) in [5, 5.41) is 8.69. The molecule has 2 aliphatic rings. The molecule has 1 aromatic heterocycles. The lowest BCUT2D eigenvalue weighted by Crippen LogP contribution is -2.62. The zero-order valence-corrected chi connectivity index (χ0v) is 14.1. The summed E-state index contributed by atoms with van der Waals surface area (Å²) in [7, 11) is 0. The monoisotopic (exact) mass is 333 g/mol. The van der Waals surface area contributed by atoms with Crippen molar-refractivity contribution in [1.82, 2.24) is 15.4 Å². The topological polar surface area (TPSA) is 50.5 Å². The Morgan fingerprint density at radius 1 is 1.42 bits per heavy atom. The first-order valence-electron chi connectivity index (χ1n) is 8.90. The summed E-state index contributed by atoms with van der Waals surface area (Å²) in [5.41, 5.74) is 1.13. The molecule has 0 aliphatic carbocycles. The molecule has 130 valence electrons. The Bertz CT molecular complexity index is 711. The van der Waals surface area contributed by atoms with Gasteiger partial charge in [-0.3, -0.25) is 4.90 Å². The SMILES string of the molecule is CCC1(N2CCCCC2c2noc3cc(F)ccc23)CNCCO1. The molecule has 2 saturated heterocycles. The molecule has 1 aromatic carbocycles. The van der Waals surface area contributed by atoms with Gasteiger partial charge in [0.15, 0.2) is 5.58 Å². The number of halogens is 1. The molecule has 0 saturated carbocycles. The van der Waals surface area contributed by atoms with Gasteiger partial charge in [-0.25, -0.2) is 4.39 Å². The van der Waals surface area contributed by atoms with Crippen molar-refractivity contribution in [3.8, 4) is 0 Å². The number of likely N-dealkylation sites (tertiary alicyclic amines) is 1. The van der Waals surface area contributed by atoms with Gasteiger partial charge >= 0.3 is 0 Å². The highest BCUT2D eigenvalue weighted by Gasteiger charge is 2.44. The zero-order chi connectivity index (χ0) is 16.6. The van der Waals surface area contributed by atoms with E-state index >= 15 is 0 Å². The minimum atomic E-state index is -0.297. The van der Waals surface area contributed by atoms with E-state index < -0.39 is 0 Å². The van der Waals surface area contributed by atoms with Crippen molar-refractivity contribution < 1.29 is 13.7 Å². The van der Waals surface area contributed by atoms with Gasteiger partial charge in [-0.05, 0) is 31.4 Å². The largest absolute Gasteiger partial charge is 0.358 e. The summed E-state index contributed by atoms with van der Waals surface area (Å²) < 4.78 is 25.1. The zero-order valence-electron chi connectivity index (χ0n) is 14.1. The number of rotatable bonds is 3. The molecule has 0 radical (unpaired) electrons. The van der Waals surface area contributed by atoms with Crippen LogP contribution >= 0.6 is 0 Å². The summed E-state index contributed by atoms with van der Waals surface area (Å²) in [6, 6.07) is 4.81. The Morgan fingerprint density at radius 2 is 2.33 bits per heavy atom. The Labute approximate surface area is 141 Å². The molecule has 4 rings (SSSR count). The van der Waals surface area contributed by atoms with Crippen LogP contribution in [0.4, 0.5) is 4.39 Å². The Morgan fingerprint density at radius 3 is 3.12 bits per heavy atom. The maximum absolute atomic E-state index is 13.4. The van der Waals surface area contributed by atoms with Crippen LogP contribution in [0.15, 0.2) is 22.7 Å². The molecule has 2 aliphatic heterocycles. The summed E-state index contributed by atoms with van der Waals surface area (Å²) in [6.07, 6.45) is 4.25. The quantitative estimate of drug-likeness (QED) is 0.935. The Kier molecular flexibility index (Phi) is 4.28. The van der Waals surface area contributed by atoms with Crippen LogP contribution in [0.3, 0.4) is 0 Å². The number of fused-ring (bicyclic) bond motifs is 1. The second-order valence-electron chi connectivity index (χ2n) is 6.74. The molecule has 2 fully saturated rings. The Balaban J connectivity index is 1.73. The first-order chi connectivity index (χ1) is 11.7. The second-order valence-corrected chi connectivity index (χ2v) is 6.74. The van der Waals surface area contributed by atoms with Gasteiger partial charge in [-0.15, -0.1) is 0 Å². The lowest BCUT2D eigenvalue weighted by atomic mass is 9.92. The predicted molar refractivity (Wildman–Crippen MR) is 89.1 cm³/mol. The van der Waals surface area contributed by atoms with E-state index in [4.69, 9.17) is 9.26 Å². The van der Waals surface area contributed by atoms with Crippen LogP contribution in [-0.2, 0) is 4.74 Å². The first-order valence-corrected chi connectivity index (χ1v) is 8.90.